The lowest BCUT2D eigenvalue weighted by Crippen LogP contribution is -2.50. The van der Waals surface area contributed by atoms with Crippen LogP contribution in [0.2, 0.25) is 0 Å². The molecule has 234 valence electrons. The minimum absolute atomic E-state index is 0.00619. The van der Waals surface area contributed by atoms with Gasteiger partial charge in [0.15, 0.2) is 15.6 Å². The van der Waals surface area contributed by atoms with Crippen molar-refractivity contribution in [1.82, 2.24) is 29.6 Å². The number of fused-ring (bicyclic) bond motifs is 2. The first-order chi connectivity index (χ1) is 21.7. The lowest BCUT2D eigenvalue weighted by Gasteiger charge is -2.38. The van der Waals surface area contributed by atoms with Gasteiger partial charge < -0.3 is 10.2 Å². The Kier molecular flexibility index (Phi) is 7.60. The molecule has 1 aromatic carbocycles. The largest absolute Gasteiger partial charge is 0.369 e. The van der Waals surface area contributed by atoms with E-state index >= 15 is 0 Å². The Morgan fingerprint density at radius 3 is 2.56 bits per heavy atom. The Morgan fingerprint density at radius 2 is 1.80 bits per heavy atom. The first-order valence-electron chi connectivity index (χ1n) is 15.5. The number of rotatable bonds is 9. The summed E-state index contributed by atoms with van der Waals surface area (Å²) in [5.41, 5.74) is 2.06. The van der Waals surface area contributed by atoms with Gasteiger partial charge in [-0.15, -0.1) is 0 Å². The predicted molar refractivity (Wildman–Crippen MR) is 171 cm³/mol. The molecule has 1 N–H and O–H groups in total. The van der Waals surface area contributed by atoms with Gasteiger partial charge in [0.2, 0.25) is 5.95 Å². The Labute approximate surface area is 261 Å². The number of Topliss-reactive ketones (excluding diaryl/α,β-unsaturated/α-hetero) is 1. The molecule has 45 heavy (non-hydrogen) atoms. The Bertz CT molecular complexity index is 1940. The summed E-state index contributed by atoms with van der Waals surface area (Å²) in [6, 6.07) is 10.3. The minimum Gasteiger partial charge on any atom is -0.369 e. The summed E-state index contributed by atoms with van der Waals surface area (Å²) in [6.45, 7) is 7.36. The molecule has 1 saturated carbocycles. The molecule has 3 fully saturated rings. The maximum Gasteiger partial charge on any atom is 0.263 e. The van der Waals surface area contributed by atoms with Crippen molar-refractivity contribution in [1.29, 1.82) is 0 Å². The molecule has 2 aliphatic heterocycles. The van der Waals surface area contributed by atoms with Gasteiger partial charge in [-0.05, 0) is 76.4 Å². The summed E-state index contributed by atoms with van der Waals surface area (Å²) in [4.78, 5) is 41.1. The lowest BCUT2D eigenvalue weighted by atomic mass is 10.1. The van der Waals surface area contributed by atoms with E-state index in [1.54, 1.807) is 26.1 Å². The number of piperazine rings is 1. The number of anilines is 3. The van der Waals surface area contributed by atoms with E-state index in [0.29, 0.717) is 17.0 Å². The van der Waals surface area contributed by atoms with Crippen LogP contribution in [0.4, 0.5) is 17.3 Å². The number of nitrogens with one attached hydrogen (secondary N) is 1. The second-order valence-corrected chi connectivity index (χ2v) is 15.0. The van der Waals surface area contributed by atoms with Gasteiger partial charge in [-0.1, -0.05) is 0 Å². The monoisotopic (exact) mass is 628 g/mol. The normalized spacial score (nSPS) is 18.8. The molecule has 3 aliphatic rings. The van der Waals surface area contributed by atoms with E-state index in [0.717, 1.165) is 38.2 Å². The third kappa shape index (κ3) is 5.70. The highest BCUT2D eigenvalue weighted by Crippen LogP contribution is 2.33. The Balaban J connectivity index is 1.22. The molecule has 1 aliphatic carbocycles. The van der Waals surface area contributed by atoms with Crippen molar-refractivity contribution >= 4 is 44.0 Å². The van der Waals surface area contributed by atoms with E-state index in [9.17, 15) is 18.0 Å². The molecule has 1 atom stereocenters. The summed E-state index contributed by atoms with van der Waals surface area (Å²) in [5.74, 6) is -0.114. The van der Waals surface area contributed by atoms with Crippen LogP contribution < -0.4 is 15.8 Å². The quantitative estimate of drug-likeness (QED) is 0.272. The van der Waals surface area contributed by atoms with E-state index in [1.807, 2.05) is 12.1 Å². The molecular weight excluding hydrogens is 592 g/mol. The molecule has 13 heteroatoms. The second-order valence-electron chi connectivity index (χ2n) is 12.5. The fraction of sp³-hybridized carbons (Fsp3) is 0.438. The van der Waals surface area contributed by atoms with Crippen LogP contribution >= 0.6 is 0 Å². The van der Waals surface area contributed by atoms with Crippen molar-refractivity contribution in [2.45, 2.75) is 62.3 Å². The highest BCUT2D eigenvalue weighted by atomic mass is 32.2. The highest BCUT2D eigenvalue weighted by Gasteiger charge is 2.33. The molecule has 7 rings (SSSR count). The average Bonchev–Trinajstić information content (AvgIpc) is 3.79. The van der Waals surface area contributed by atoms with Crippen LogP contribution in [0.5, 0.6) is 0 Å². The molecular formula is C32H36N8O4S. The van der Waals surface area contributed by atoms with E-state index in [4.69, 9.17) is 4.98 Å². The summed E-state index contributed by atoms with van der Waals surface area (Å²) >= 11 is 0. The lowest BCUT2D eigenvalue weighted by molar-refractivity contribution is 0.0966. The Morgan fingerprint density at radius 1 is 1.02 bits per heavy atom. The number of hydrogen-bond donors (Lipinski definition) is 1. The van der Waals surface area contributed by atoms with Crippen molar-refractivity contribution in [3.05, 3.63) is 70.4 Å². The van der Waals surface area contributed by atoms with E-state index in [2.05, 4.69) is 42.4 Å². The van der Waals surface area contributed by atoms with Crippen molar-refractivity contribution in [2.75, 3.05) is 36.4 Å². The molecule has 1 unspecified atom stereocenters. The number of pyridine rings is 1. The standard InChI is InChI=1S/C32H36N8O4S/c1-20(2)45(43,44)28-17-35-34-16-23(28)18-40-30-22(14-27(31(40)42)29(41)21-5-6-21)15-33-32(37-30)36-24-7-9-25(10-8-24)39-13-12-38-11-3-4-26(38)19-39/h7-10,14-17,20-21,26H,3-6,11-13,18-19H2,1-2H3,(H,33,36,37). The first kappa shape index (κ1) is 29.5. The van der Waals surface area contributed by atoms with Crippen molar-refractivity contribution in [2.24, 2.45) is 5.92 Å². The number of ketones is 1. The van der Waals surface area contributed by atoms with Crippen molar-refractivity contribution in [3.8, 4) is 0 Å². The molecule has 3 aromatic heterocycles. The number of aromatic nitrogens is 5. The zero-order valence-corrected chi connectivity index (χ0v) is 26.2. The SMILES string of the molecule is CC(C)S(=O)(=O)c1cnncc1Cn1c(=O)c(C(=O)C2CC2)cc2cnc(Nc3ccc(N4CCN5CCCC5C4)cc3)nc21. The summed E-state index contributed by atoms with van der Waals surface area (Å²) in [6.07, 6.45) is 8.15. The van der Waals surface area contributed by atoms with Crippen molar-refractivity contribution in [3.63, 3.8) is 0 Å². The van der Waals surface area contributed by atoms with Crippen LogP contribution in [-0.2, 0) is 16.4 Å². The van der Waals surface area contributed by atoms with Crippen LogP contribution in [0.15, 0.2) is 58.6 Å². The molecule has 0 spiro atoms. The van der Waals surface area contributed by atoms with Crippen LogP contribution in [0.3, 0.4) is 0 Å². The highest BCUT2D eigenvalue weighted by molar-refractivity contribution is 7.92. The third-order valence-corrected chi connectivity index (χ3v) is 11.4. The molecule has 4 aromatic rings. The van der Waals surface area contributed by atoms with Gasteiger partial charge in [-0.2, -0.15) is 15.2 Å². The fourth-order valence-electron chi connectivity index (χ4n) is 6.35. The first-order valence-corrected chi connectivity index (χ1v) is 17.1. The smallest absolute Gasteiger partial charge is 0.263 e. The van der Waals surface area contributed by atoms with E-state index in [-0.39, 0.29) is 40.3 Å². The number of carbonyl (C=O) groups is 1. The zero-order valence-electron chi connectivity index (χ0n) is 25.4. The molecule has 0 bridgehead atoms. The van der Waals surface area contributed by atoms with Gasteiger partial charge in [0.05, 0.1) is 34.6 Å². The summed E-state index contributed by atoms with van der Waals surface area (Å²) in [5, 5.41) is 10.7. The van der Waals surface area contributed by atoms with E-state index < -0.39 is 20.6 Å². The third-order valence-electron chi connectivity index (χ3n) is 9.14. The van der Waals surface area contributed by atoms with Gasteiger partial charge in [-0.25, -0.2) is 13.4 Å². The van der Waals surface area contributed by atoms with Crippen LogP contribution in [-0.4, -0.2) is 81.3 Å². The Hall–Kier alpha value is -4.23. The number of benzene rings is 1. The number of carbonyl (C=O) groups excluding carboxylic acids is 1. The van der Waals surface area contributed by atoms with E-state index in [1.165, 1.54) is 42.0 Å². The maximum atomic E-state index is 13.9. The molecule has 5 heterocycles. The van der Waals surface area contributed by atoms with Crippen LogP contribution in [0.1, 0.15) is 55.5 Å². The second kappa shape index (κ2) is 11.6. The number of sulfone groups is 1. The van der Waals surface area contributed by atoms with Gasteiger partial charge in [0.1, 0.15) is 5.65 Å². The van der Waals surface area contributed by atoms with Gasteiger partial charge in [-0.3, -0.25) is 19.1 Å². The van der Waals surface area contributed by atoms with Gasteiger partial charge in [0.25, 0.3) is 5.56 Å². The molecule has 0 radical (unpaired) electrons. The summed E-state index contributed by atoms with van der Waals surface area (Å²) < 4.78 is 27.6. The predicted octanol–water partition coefficient (Wildman–Crippen LogP) is 3.43. The van der Waals surface area contributed by atoms with Gasteiger partial charge in [0, 0.05) is 60.1 Å². The van der Waals surface area contributed by atoms with Crippen LogP contribution in [0.25, 0.3) is 11.0 Å². The fourth-order valence-corrected chi connectivity index (χ4v) is 7.54. The zero-order chi connectivity index (χ0) is 31.3. The number of hydrogen-bond acceptors (Lipinski definition) is 11. The van der Waals surface area contributed by atoms with Gasteiger partial charge >= 0.3 is 0 Å². The molecule has 0 amide bonds. The van der Waals surface area contributed by atoms with Crippen LogP contribution in [0, 0.1) is 5.92 Å². The maximum absolute atomic E-state index is 13.9. The van der Waals surface area contributed by atoms with Crippen molar-refractivity contribution < 1.29 is 13.2 Å². The average molecular weight is 629 g/mol. The topological polar surface area (TPSA) is 143 Å². The molecule has 2 saturated heterocycles. The minimum atomic E-state index is -3.72. The summed E-state index contributed by atoms with van der Waals surface area (Å²) in [7, 11) is -3.72. The number of nitrogens with zero attached hydrogens (tertiary/aromatic N) is 7. The molecule has 12 nitrogen and oxygen atoms in total.